The van der Waals surface area contributed by atoms with Crippen molar-refractivity contribution >= 4 is 11.8 Å². The van der Waals surface area contributed by atoms with Crippen LogP contribution >= 0.6 is 0 Å². The number of nitrogens with two attached hydrogens (primary N) is 1. The molecule has 0 atom stereocenters. The van der Waals surface area contributed by atoms with Gasteiger partial charge in [-0.15, -0.1) is 0 Å². The number of nitrogens with one attached hydrogen (secondary N) is 1. The minimum absolute atomic E-state index is 0.325. The van der Waals surface area contributed by atoms with Crippen molar-refractivity contribution in [3.05, 3.63) is 11.8 Å². The molecular formula is C8H14N4. The topological polar surface area (TPSA) is 63.8 Å². The highest BCUT2D eigenvalue weighted by Crippen LogP contribution is 2.15. The van der Waals surface area contributed by atoms with Crippen LogP contribution in [0.25, 0.3) is 0 Å². The zero-order chi connectivity index (χ0) is 9.14. The van der Waals surface area contributed by atoms with Crippen LogP contribution in [-0.4, -0.2) is 17.0 Å². The highest BCUT2D eigenvalue weighted by Gasteiger charge is 2.04. The van der Waals surface area contributed by atoms with Gasteiger partial charge in [0.2, 0.25) is 5.95 Å². The maximum absolute atomic E-state index is 5.51. The van der Waals surface area contributed by atoms with E-state index in [2.05, 4.69) is 29.1 Å². The molecule has 66 valence electrons. The van der Waals surface area contributed by atoms with Crippen molar-refractivity contribution in [2.45, 2.75) is 19.8 Å². The van der Waals surface area contributed by atoms with Crippen LogP contribution < -0.4 is 11.1 Å². The Morgan fingerprint density at radius 1 is 1.42 bits per heavy atom. The lowest BCUT2D eigenvalue weighted by molar-refractivity contribution is 0.818. The molecule has 3 N–H and O–H groups in total. The average Bonchev–Trinajstić information content (AvgIpc) is 2.03. The molecule has 0 aliphatic rings. The molecule has 4 heteroatoms. The summed E-state index contributed by atoms with van der Waals surface area (Å²) >= 11 is 0. The van der Waals surface area contributed by atoms with Crippen molar-refractivity contribution in [3.8, 4) is 0 Å². The van der Waals surface area contributed by atoms with E-state index in [0.29, 0.717) is 11.9 Å². The molecule has 1 rings (SSSR count). The third kappa shape index (κ3) is 1.84. The van der Waals surface area contributed by atoms with Gasteiger partial charge in [-0.3, -0.25) is 0 Å². The first kappa shape index (κ1) is 8.77. The SMILES string of the molecule is CNc1cc(C(C)C)nc(N)n1. The number of hydrogen-bond acceptors (Lipinski definition) is 4. The van der Waals surface area contributed by atoms with E-state index in [4.69, 9.17) is 5.73 Å². The fourth-order valence-electron chi connectivity index (χ4n) is 0.909. The second-order valence-electron chi connectivity index (χ2n) is 2.94. The summed E-state index contributed by atoms with van der Waals surface area (Å²) in [5.41, 5.74) is 6.48. The van der Waals surface area contributed by atoms with Crippen molar-refractivity contribution in [2.24, 2.45) is 0 Å². The third-order valence-electron chi connectivity index (χ3n) is 1.61. The van der Waals surface area contributed by atoms with Gasteiger partial charge in [0, 0.05) is 13.1 Å². The fourth-order valence-corrected chi connectivity index (χ4v) is 0.909. The lowest BCUT2D eigenvalue weighted by Crippen LogP contribution is -2.03. The lowest BCUT2D eigenvalue weighted by atomic mass is 10.1. The second-order valence-corrected chi connectivity index (χ2v) is 2.94. The molecule has 0 aromatic carbocycles. The molecule has 0 bridgehead atoms. The maximum Gasteiger partial charge on any atom is 0.222 e. The summed E-state index contributed by atoms with van der Waals surface area (Å²) in [5.74, 6) is 1.47. The number of nitrogens with zero attached hydrogens (tertiary/aromatic N) is 2. The number of rotatable bonds is 2. The summed E-state index contributed by atoms with van der Waals surface area (Å²) in [6, 6.07) is 1.90. The lowest BCUT2D eigenvalue weighted by Gasteiger charge is -2.07. The number of aromatic nitrogens is 2. The number of anilines is 2. The first-order valence-corrected chi connectivity index (χ1v) is 3.95. The molecule has 0 spiro atoms. The van der Waals surface area contributed by atoms with Crippen LogP contribution in [0.1, 0.15) is 25.5 Å². The summed E-state index contributed by atoms with van der Waals surface area (Å²) < 4.78 is 0. The summed E-state index contributed by atoms with van der Waals surface area (Å²) in [7, 11) is 1.81. The maximum atomic E-state index is 5.51. The van der Waals surface area contributed by atoms with E-state index in [1.807, 2.05) is 13.1 Å². The standard InChI is InChI=1S/C8H14N4/c1-5(2)6-4-7(10-3)12-8(9)11-6/h4-5H,1-3H3,(H3,9,10,11,12). The first-order valence-electron chi connectivity index (χ1n) is 3.95. The zero-order valence-electron chi connectivity index (χ0n) is 7.63. The minimum atomic E-state index is 0.325. The van der Waals surface area contributed by atoms with Gasteiger partial charge in [-0.25, -0.2) is 4.98 Å². The average molecular weight is 166 g/mol. The van der Waals surface area contributed by atoms with Gasteiger partial charge < -0.3 is 11.1 Å². The minimum Gasteiger partial charge on any atom is -0.373 e. The molecule has 1 aromatic rings. The predicted molar refractivity (Wildman–Crippen MR) is 50.1 cm³/mol. The van der Waals surface area contributed by atoms with E-state index < -0.39 is 0 Å². The Labute approximate surface area is 72.2 Å². The van der Waals surface area contributed by atoms with Crippen molar-refractivity contribution in [2.75, 3.05) is 18.1 Å². The number of hydrogen-bond donors (Lipinski definition) is 2. The molecule has 4 nitrogen and oxygen atoms in total. The Bertz CT molecular complexity index is 270. The first-order chi connectivity index (χ1) is 5.63. The molecule has 0 radical (unpaired) electrons. The molecule has 0 unspecified atom stereocenters. The highest BCUT2D eigenvalue weighted by atomic mass is 15.1. The van der Waals surface area contributed by atoms with Crippen LogP contribution in [0.4, 0.5) is 11.8 Å². The van der Waals surface area contributed by atoms with Gasteiger partial charge in [-0.05, 0) is 5.92 Å². The molecule has 0 saturated heterocycles. The quantitative estimate of drug-likeness (QED) is 0.693. The van der Waals surface area contributed by atoms with Gasteiger partial charge in [0.15, 0.2) is 0 Å². The van der Waals surface area contributed by atoms with E-state index in [9.17, 15) is 0 Å². The van der Waals surface area contributed by atoms with Crippen LogP contribution in [0, 0.1) is 0 Å². The normalized spacial score (nSPS) is 10.3. The zero-order valence-corrected chi connectivity index (χ0v) is 7.63. The Morgan fingerprint density at radius 2 is 2.08 bits per heavy atom. The van der Waals surface area contributed by atoms with Crippen LogP contribution in [0.5, 0.6) is 0 Å². The van der Waals surface area contributed by atoms with Gasteiger partial charge in [0.25, 0.3) is 0 Å². The molecular weight excluding hydrogens is 152 g/mol. The van der Waals surface area contributed by atoms with Gasteiger partial charge in [0.1, 0.15) is 5.82 Å². The monoisotopic (exact) mass is 166 g/mol. The van der Waals surface area contributed by atoms with Crippen LogP contribution in [0.2, 0.25) is 0 Å². The van der Waals surface area contributed by atoms with E-state index in [-0.39, 0.29) is 0 Å². The van der Waals surface area contributed by atoms with Crippen molar-refractivity contribution in [3.63, 3.8) is 0 Å². The van der Waals surface area contributed by atoms with E-state index in [1.165, 1.54) is 0 Å². The Kier molecular flexibility index (Phi) is 2.47. The van der Waals surface area contributed by atoms with Gasteiger partial charge in [-0.2, -0.15) is 4.98 Å². The Morgan fingerprint density at radius 3 is 2.58 bits per heavy atom. The van der Waals surface area contributed by atoms with Crippen LogP contribution in [0.3, 0.4) is 0 Å². The van der Waals surface area contributed by atoms with Crippen molar-refractivity contribution in [1.29, 1.82) is 0 Å². The van der Waals surface area contributed by atoms with E-state index >= 15 is 0 Å². The molecule has 0 fully saturated rings. The highest BCUT2D eigenvalue weighted by molar-refractivity contribution is 5.40. The molecule has 1 aromatic heterocycles. The third-order valence-corrected chi connectivity index (χ3v) is 1.61. The van der Waals surface area contributed by atoms with Crippen molar-refractivity contribution in [1.82, 2.24) is 9.97 Å². The summed E-state index contributed by atoms with van der Waals surface area (Å²) in [6.45, 7) is 4.14. The summed E-state index contributed by atoms with van der Waals surface area (Å²) in [4.78, 5) is 8.10. The van der Waals surface area contributed by atoms with E-state index in [1.54, 1.807) is 0 Å². The second kappa shape index (κ2) is 3.38. The smallest absolute Gasteiger partial charge is 0.222 e. The predicted octanol–water partition coefficient (Wildman–Crippen LogP) is 1.22. The molecule has 12 heavy (non-hydrogen) atoms. The molecule has 1 heterocycles. The molecule has 0 saturated carbocycles. The van der Waals surface area contributed by atoms with Gasteiger partial charge >= 0.3 is 0 Å². The Hall–Kier alpha value is -1.32. The summed E-state index contributed by atoms with van der Waals surface area (Å²) in [6.07, 6.45) is 0. The van der Waals surface area contributed by atoms with E-state index in [0.717, 1.165) is 11.5 Å². The molecule has 0 amide bonds. The van der Waals surface area contributed by atoms with Crippen LogP contribution in [0.15, 0.2) is 6.07 Å². The fraction of sp³-hybridized carbons (Fsp3) is 0.500. The molecule has 0 aliphatic carbocycles. The Balaban J connectivity index is 3.06. The van der Waals surface area contributed by atoms with Gasteiger partial charge in [-0.1, -0.05) is 13.8 Å². The molecule has 0 aliphatic heterocycles. The van der Waals surface area contributed by atoms with Gasteiger partial charge in [0.05, 0.1) is 5.69 Å². The van der Waals surface area contributed by atoms with Crippen LogP contribution in [-0.2, 0) is 0 Å². The number of nitrogen functional groups attached to an aromatic ring is 1. The summed E-state index contributed by atoms with van der Waals surface area (Å²) in [5, 5.41) is 2.93. The largest absolute Gasteiger partial charge is 0.373 e. The van der Waals surface area contributed by atoms with Crippen molar-refractivity contribution < 1.29 is 0 Å².